The van der Waals surface area contributed by atoms with Crippen LogP contribution in [0.15, 0.2) is 22.7 Å². The number of hydrogen-bond donors (Lipinski definition) is 0. The lowest BCUT2D eigenvalue weighted by atomic mass is 10.2. The number of benzene rings is 1. The molecule has 0 fully saturated rings. The number of aromatic nitrogens is 1. The van der Waals surface area contributed by atoms with Gasteiger partial charge < -0.3 is 0 Å². The molecule has 0 saturated carbocycles. The number of thiazole rings is 1. The average Bonchev–Trinajstić information content (AvgIpc) is 2.46. The van der Waals surface area contributed by atoms with Gasteiger partial charge in [0, 0.05) is 10.4 Å². The molecule has 3 heteroatoms. The predicted molar refractivity (Wildman–Crippen MR) is 61.4 cm³/mol. The lowest BCUT2D eigenvalue weighted by Gasteiger charge is -1.94. The van der Waals surface area contributed by atoms with Gasteiger partial charge in [-0.3, -0.25) is 0 Å². The zero-order valence-electron chi connectivity index (χ0n) is 7.54. The molecule has 1 aromatic carbocycles. The highest BCUT2D eigenvalue weighted by atomic mass is 79.9. The molecule has 0 saturated heterocycles. The van der Waals surface area contributed by atoms with Gasteiger partial charge in [0.05, 0.1) is 15.2 Å². The fourth-order valence-corrected chi connectivity index (χ4v) is 2.46. The summed E-state index contributed by atoms with van der Waals surface area (Å²) in [7, 11) is 0. The molecule has 68 valence electrons. The molecule has 0 spiro atoms. The summed E-state index contributed by atoms with van der Waals surface area (Å²) < 4.78 is 2.37. The molecule has 0 bridgehead atoms. The van der Waals surface area contributed by atoms with Crippen LogP contribution in [0.2, 0.25) is 0 Å². The number of fused-ring (bicyclic) bond motifs is 1. The second-order valence-corrected chi connectivity index (χ2v) is 5.30. The van der Waals surface area contributed by atoms with E-state index in [-0.39, 0.29) is 0 Å². The molecule has 13 heavy (non-hydrogen) atoms. The van der Waals surface area contributed by atoms with E-state index in [9.17, 15) is 0 Å². The molecule has 1 heterocycles. The van der Waals surface area contributed by atoms with Gasteiger partial charge in [-0.05, 0) is 18.2 Å². The highest BCUT2D eigenvalue weighted by molar-refractivity contribution is 9.10. The first-order valence-electron chi connectivity index (χ1n) is 4.23. The second-order valence-electron chi connectivity index (χ2n) is 3.32. The van der Waals surface area contributed by atoms with Crippen molar-refractivity contribution in [1.29, 1.82) is 0 Å². The van der Waals surface area contributed by atoms with E-state index < -0.39 is 0 Å². The van der Waals surface area contributed by atoms with E-state index in [0.29, 0.717) is 5.92 Å². The molecule has 1 aromatic heterocycles. The molecule has 0 atom stereocenters. The minimum absolute atomic E-state index is 0.524. The summed E-state index contributed by atoms with van der Waals surface area (Å²) in [5, 5.41) is 1.22. The molecule has 0 amide bonds. The van der Waals surface area contributed by atoms with Gasteiger partial charge in [-0.25, -0.2) is 4.98 Å². The number of halogens is 1. The third-order valence-corrected chi connectivity index (χ3v) is 3.69. The SMILES string of the molecule is CC(C)c1nc2cc(Br)ccc2s1. The number of nitrogens with zero attached hydrogens (tertiary/aromatic N) is 1. The van der Waals surface area contributed by atoms with E-state index in [1.165, 1.54) is 9.71 Å². The Hall–Kier alpha value is -0.410. The summed E-state index contributed by atoms with van der Waals surface area (Å²) in [6, 6.07) is 6.24. The van der Waals surface area contributed by atoms with Crippen molar-refractivity contribution >= 4 is 37.5 Å². The Morgan fingerprint density at radius 1 is 1.38 bits per heavy atom. The topological polar surface area (TPSA) is 12.9 Å². The first kappa shape index (κ1) is 9.16. The van der Waals surface area contributed by atoms with Crippen LogP contribution in [0.1, 0.15) is 24.8 Å². The van der Waals surface area contributed by atoms with E-state index in [1.807, 2.05) is 0 Å². The molecule has 0 radical (unpaired) electrons. The van der Waals surface area contributed by atoms with Crippen molar-refractivity contribution in [2.45, 2.75) is 19.8 Å². The zero-order valence-corrected chi connectivity index (χ0v) is 9.95. The summed E-state index contributed by atoms with van der Waals surface area (Å²) in [6.07, 6.45) is 0. The second kappa shape index (κ2) is 3.39. The molecular formula is C10H10BrNS. The summed E-state index contributed by atoms with van der Waals surface area (Å²) in [4.78, 5) is 4.56. The largest absolute Gasteiger partial charge is 0.241 e. The van der Waals surface area contributed by atoms with E-state index in [2.05, 4.69) is 53.0 Å². The van der Waals surface area contributed by atoms with Crippen LogP contribution >= 0.6 is 27.3 Å². The molecule has 0 aliphatic rings. The minimum atomic E-state index is 0.524. The molecule has 0 N–H and O–H groups in total. The van der Waals surface area contributed by atoms with Gasteiger partial charge in [-0.1, -0.05) is 29.8 Å². The number of hydrogen-bond acceptors (Lipinski definition) is 2. The lowest BCUT2D eigenvalue weighted by molar-refractivity contribution is 0.857. The molecule has 2 aromatic rings. The standard InChI is InChI=1S/C10H10BrNS/c1-6(2)10-12-8-5-7(11)3-4-9(8)13-10/h3-6H,1-2H3. The van der Waals surface area contributed by atoms with Gasteiger partial charge in [0.1, 0.15) is 0 Å². The van der Waals surface area contributed by atoms with Crippen molar-refractivity contribution in [2.24, 2.45) is 0 Å². The highest BCUT2D eigenvalue weighted by Crippen LogP contribution is 2.28. The molecule has 0 unspecified atom stereocenters. The Morgan fingerprint density at radius 2 is 2.15 bits per heavy atom. The van der Waals surface area contributed by atoms with Crippen LogP contribution in [0.3, 0.4) is 0 Å². The Balaban J connectivity index is 2.62. The van der Waals surface area contributed by atoms with E-state index in [0.717, 1.165) is 9.99 Å². The van der Waals surface area contributed by atoms with Crippen molar-refractivity contribution in [3.8, 4) is 0 Å². The first-order valence-corrected chi connectivity index (χ1v) is 5.84. The summed E-state index contributed by atoms with van der Waals surface area (Å²) in [5.74, 6) is 0.524. The maximum Gasteiger partial charge on any atom is 0.0963 e. The van der Waals surface area contributed by atoms with Crippen molar-refractivity contribution in [2.75, 3.05) is 0 Å². The molecule has 0 aliphatic heterocycles. The van der Waals surface area contributed by atoms with Crippen molar-refractivity contribution in [3.05, 3.63) is 27.7 Å². The van der Waals surface area contributed by atoms with Crippen LogP contribution in [0, 0.1) is 0 Å². The summed E-state index contributed by atoms with van der Waals surface area (Å²) >= 11 is 5.23. The van der Waals surface area contributed by atoms with Crippen LogP contribution in [0.4, 0.5) is 0 Å². The van der Waals surface area contributed by atoms with Crippen molar-refractivity contribution < 1.29 is 0 Å². The maximum atomic E-state index is 4.56. The summed E-state index contributed by atoms with van der Waals surface area (Å²) in [5.41, 5.74) is 1.10. The van der Waals surface area contributed by atoms with E-state index in [1.54, 1.807) is 11.3 Å². The van der Waals surface area contributed by atoms with E-state index >= 15 is 0 Å². The average molecular weight is 256 g/mol. The monoisotopic (exact) mass is 255 g/mol. The zero-order chi connectivity index (χ0) is 9.42. The molecule has 0 aliphatic carbocycles. The minimum Gasteiger partial charge on any atom is -0.241 e. The molecule has 1 nitrogen and oxygen atoms in total. The number of rotatable bonds is 1. The van der Waals surface area contributed by atoms with Gasteiger partial charge in [0.15, 0.2) is 0 Å². The van der Waals surface area contributed by atoms with Gasteiger partial charge in [-0.2, -0.15) is 0 Å². The molecular weight excluding hydrogens is 246 g/mol. The van der Waals surface area contributed by atoms with Crippen molar-refractivity contribution in [3.63, 3.8) is 0 Å². The lowest BCUT2D eigenvalue weighted by Crippen LogP contribution is -1.82. The fraction of sp³-hybridized carbons (Fsp3) is 0.300. The maximum absolute atomic E-state index is 4.56. The van der Waals surface area contributed by atoms with Crippen LogP contribution in [0.5, 0.6) is 0 Å². The van der Waals surface area contributed by atoms with Crippen LogP contribution in [-0.2, 0) is 0 Å². The highest BCUT2D eigenvalue weighted by Gasteiger charge is 2.06. The van der Waals surface area contributed by atoms with Crippen LogP contribution in [0.25, 0.3) is 10.2 Å². The third kappa shape index (κ3) is 1.76. The van der Waals surface area contributed by atoms with E-state index in [4.69, 9.17) is 0 Å². The van der Waals surface area contributed by atoms with Crippen LogP contribution in [-0.4, -0.2) is 4.98 Å². The Morgan fingerprint density at radius 3 is 2.85 bits per heavy atom. The quantitative estimate of drug-likeness (QED) is 0.745. The predicted octanol–water partition coefficient (Wildman–Crippen LogP) is 4.18. The van der Waals surface area contributed by atoms with Gasteiger partial charge in [-0.15, -0.1) is 11.3 Å². The third-order valence-electron chi connectivity index (χ3n) is 1.86. The fourth-order valence-electron chi connectivity index (χ4n) is 1.17. The molecule has 2 rings (SSSR count). The Bertz CT molecular complexity index is 433. The summed E-state index contributed by atoms with van der Waals surface area (Å²) in [6.45, 7) is 4.35. The Kier molecular flexibility index (Phi) is 2.39. The van der Waals surface area contributed by atoms with Gasteiger partial charge in [0.2, 0.25) is 0 Å². The van der Waals surface area contributed by atoms with Crippen LogP contribution < -0.4 is 0 Å². The van der Waals surface area contributed by atoms with Crippen molar-refractivity contribution in [1.82, 2.24) is 4.98 Å². The smallest absolute Gasteiger partial charge is 0.0963 e. The normalized spacial score (nSPS) is 11.4. The first-order chi connectivity index (χ1) is 6.16. The van der Waals surface area contributed by atoms with Gasteiger partial charge in [0.25, 0.3) is 0 Å². The van der Waals surface area contributed by atoms with Gasteiger partial charge >= 0.3 is 0 Å². The Labute approximate surface area is 89.9 Å².